The molecule has 5 aromatic rings. The zero-order chi connectivity index (χ0) is 32.1. The van der Waals surface area contributed by atoms with Gasteiger partial charge in [-0.1, -0.05) is 0 Å². The average molecular weight is 628 g/mol. The summed E-state index contributed by atoms with van der Waals surface area (Å²) in [5, 5.41) is 14.4. The van der Waals surface area contributed by atoms with Gasteiger partial charge in [0.05, 0.1) is 34.9 Å². The molecule has 9 nitrogen and oxygen atoms in total. The molecular formula is C35H39F2N7O2. The van der Waals surface area contributed by atoms with Crippen LogP contribution in [0.2, 0.25) is 0 Å². The number of aryl methyl sites for hydroxylation is 2. The number of nitrogens with zero attached hydrogens (tertiary/aromatic N) is 6. The molecule has 1 unspecified atom stereocenters. The van der Waals surface area contributed by atoms with Crippen molar-refractivity contribution < 1.29 is 18.3 Å². The Labute approximate surface area is 266 Å². The molecule has 5 heterocycles. The zero-order valence-corrected chi connectivity index (χ0v) is 26.7. The van der Waals surface area contributed by atoms with Gasteiger partial charge < -0.3 is 14.5 Å². The van der Waals surface area contributed by atoms with Crippen molar-refractivity contribution in [3.63, 3.8) is 0 Å². The number of ether oxygens (including phenoxy) is 1. The predicted octanol–water partition coefficient (Wildman–Crippen LogP) is 6.35. The lowest BCUT2D eigenvalue weighted by atomic mass is 9.89. The van der Waals surface area contributed by atoms with E-state index in [1.165, 1.54) is 12.2 Å². The van der Waals surface area contributed by atoms with Gasteiger partial charge in [-0.15, -0.1) is 0 Å². The van der Waals surface area contributed by atoms with Crippen LogP contribution in [0.1, 0.15) is 48.4 Å². The number of allylic oxidation sites excluding steroid dienone is 1. The summed E-state index contributed by atoms with van der Waals surface area (Å²) in [6, 6.07) is 4.30. The molecule has 2 fully saturated rings. The normalized spacial score (nSPS) is 18.2. The Morgan fingerprint density at radius 1 is 1.04 bits per heavy atom. The number of carbonyl (C=O) groups excluding carboxylic acids is 1. The number of H-pyrrole nitrogens is 1. The quantitative estimate of drug-likeness (QED) is 0.211. The lowest BCUT2D eigenvalue weighted by Gasteiger charge is -2.32. The van der Waals surface area contributed by atoms with Gasteiger partial charge in [0.15, 0.2) is 5.82 Å². The molecule has 2 aromatic carbocycles. The Morgan fingerprint density at radius 2 is 1.85 bits per heavy atom. The van der Waals surface area contributed by atoms with Crippen LogP contribution in [0.4, 0.5) is 8.78 Å². The fraction of sp³-hybridized carbons (Fsp3) is 0.429. The summed E-state index contributed by atoms with van der Waals surface area (Å²) in [6.45, 7) is 7.83. The monoisotopic (exact) mass is 627 g/mol. The van der Waals surface area contributed by atoms with Crippen LogP contribution < -0.4 is 4.74 Å². The Kier molecular flexibility index (Phi) is 7.96. The Hall–Kier alpha value is -4.38. The van der Waals surface area contributed by atoms with Gasteiger partial charge in [-0.25, -0.2) is 13.8 Å². The number of carbonyl (C=O) groups is 1. The molecule has 0 radical (unpaired) electrons. The molecule has 3 aromatic heterocycles. The summed E-state index contributed by atoms with van der Waals surface area (Å²) < 4.78 is 38.1. The first-order chi connectivity index (χ1) is 22.3. The number of aromatic nitrogens is 5. The van der Waals surface area contributed by atoms with E-state index in [9.17, 15) is 9.18 Å². The van der Waals surface area contributed by atoms with Gasteiger partial charge in [-0.2, -0.15) is 10.2 Å². The molecule has 2 aliphatic heterocycles. The first kappa shape index (κ1) is 30.3. The summed E-state index contributed by atoms with van der Waals surface area (Å²) in [7, 11) is 2.10. The number of halogens is 2. The number of hydrogen-bond acceptors (Lipinski definition) is 6. The number of rotatable bonds is 7. The third kappa shape index (κ3) is 5.10. The molecule has 0 aliphatic carbocycles. The maximum Gasteiger partial charge on any atom is 0.246 e. The molecule has 1 atom stereocenters. The smallest absolute Gasteiger partial charge is 0.246 e. The number of nitrogens with one attached hydrogen (secondary N) is 1. The maximum atomic E-state index is 17.1. The minimum atomic E-state index is -0.669. The highest BCUT2D eigenvalue weighted by Gasteiger charge is 2.29. The molecule has 2 saturated heterocycles. The van der Waals surface area contributed by atoms with Crippen LogP contribution in [0.15, 0.2) is 36.7 Å². The van der Waals surface area contributed by atoms with Crippen LogP contribution in [-0.4, -0.2) is 86.7 Å². The SMILES string of the molecule is Cc1cc2[nH]ncc2c(-c2c(C)cc3c(nc(OCC4CCCN4C)c4cnn(C5CCN(C(=O)/C=C/CF)CC5)c43)c2F)c1C. The molecule has 1 amide bonds. The van der Waals surface area contributed by atoms with Crippen molar-refractivity contribution in [3.05, 3.63) is 59.2 Å². The van der Waals surface area contributed by atoms with Crippen LogP contribution in [0.3, 0.4) is 0 Å². The van der Waals surface area contributed by atoms with Crippen LogP contribution in [-0.2, 0) is 4.79 Å². The maximum absolute atomic E-state index is 17.1. The molecule has 46 heavy (non-hydrogen) atoms. The van der Waals surface area contributed by atoms with Crippen molar-refractivity contribution in [3.8, 4) is 17.0 Å². The Balaban J connectivity index is 1.37. The van der Waals surface area contributed by atoms with Crippen molar-refractivity contribution in [1.29, 1.82) is 0 Å². The van der Waals surface area contributed by atoms with Gasteiger partial charge in [0.25, 0.3) is 0 Å². The van der Waals surface area contributed by atoms with E-state index in [2.05, 4.69) is 22.1 Å². The molecule has 2 aliphatic rings. The summed E-state index contributed by atoms with van der Waals surface area (Å²) >= 11 is 0. The molecule has 0 saturated carbocycles. The first-order valence-corrected chi connectivity index (χ1v) is 16.0. The molecule has 7 rings (SSSR count). The minimum absolute atomic E-state index is 0.0151. The summed E-state index contributed by atoms with van der Waals surface area (Å²) in [4.78, 5) is 21.4. The lowest BCUT2D eigenvalue weighted by molar-refractivity contribution is -0.127. The highest BCUT2D eigenvalue weighted by Crippen LogP contribution is 2.42. The van der Waals surface area contributed by atoms with E-state index in [1.807, 2.05) is 37.6 Å². The third-order valence-corrected chi connectivity index (χ3v) is 10.0. The van der Waals surface area contributed by atoms with Crippen molar-refractivity contribution in [2.24, 2.45) is 0 Å². The van der Waals surface area contributed by atoms with Gasteiger partial charge in [0.1, 0.15) is 18.8 Å². The highest BCUT2D eigenvalue weighted by molar-refractivity contribution is 6.09. The van der Waals surface area contributed by atoms with E-state index in [0.717, 1.165) is 63.4 Å². The van der Waals surface area contributed by atoms with E-state index in [4.69, 9.17) is 14.8 Å². The standard InChI is InChI=1S/C35H39F2N7O2/c1-20-16-28-26(17-38-41-28)31(22(20)3)30-21(2)15-25-33(32(30)37)40-35(46-19-24-7-6-12-42(24)4)27-18-39-44(34(25)27)23-9-13-43(14-10-23)29(45)8-5-11-36/h5,8,15-18,23-24H,6-7,9-14,19H2,1-4H3,(H,38,41)/b8-5+. The number of pyridine rings is 1. The molecule has 11 heteroatoms. The predicted molar refractivity (Wildman–Crippen MR) is 175 cm³/mol. The molecule has 0 spiro atoms. The minimum Gasteiger partial charge on any atom is -0.475 e. The summed E-state index contributed by atoms with van der Waals surface area (Å²) in [5.74, 6) is -0.211. The van der Waals surface area contributed by atoms with Crippen molar-refractivity contribution in [2.75, 3.05) is 40.0 Å². The van der Waals surface area contributed by atoms with E-state index < -0.39 is 12.5 Å². The third-order valence-electron chi connectivity index (χ3n) is 10.0. The fourth-order valence-corrected chi connectivity index (χ4v) is 7.30. The summed E-state index contributed by atoms with van der Waals surface area (Å²) in [5.41, 5.74) is 6.02. The van der Waals surface area contributed by atoms with Crippen molar-refractivity contribution >= 4 is 38.6 Å². The van der Waals surface area contributed by atoms with Crippen LogP contribution in [0, 0.1) is 26.6 Å². The Morgan fingerprint density at radius 3 is 2.59 bits per heavy atom. The average Bonchev–Trinajstić information content (AvgIpc) is 3.81. The fourth-order valence-electron chi connectivity index (χ4n) is 7.30. The van der Waals surface area contributed by atoms with Gasteiger partial charge in [0, 0.05) is 41.5 Å². The van der Waals surface area contributed by atoms with Crippen LogP contribution in [0.25, 0.3) is 43.8 Å². The number of likely N-dealkylation sites (N-methyl/N-ethyl adjacent to an activating group) is 1. The largest absolute Gasteiger partial charge is 0.475 e. The molecular weight excluding hydrogens is 588 g/mol. The van der Waals surface area contributed by atoms with Gasteiger partial charge >= 0.3 is 0 Å². The van der Waals surface area contributed by atoms with Crippen molar-refractivity contribution in [1.82, 2.24) is 34.8 Å². The van der Waals surface area contributed by atoms with E-state index in [0.29, 0.717) is 49.4 Å². The van der Waals surface area contributed by atoms with Gasteiger partial charge in [-0.3, -0.25) is 14.6 Å². The molecule has 0 bridgehead atoms. The van der Waals surface area contributed by atoms with Crippen molar-refractivity contribution in [2.45, 2.75) is 58.5 Å². The second-order valence-corrected chi connectivity index (χ2v) is 12.8. The number of amides is 1. The molecule has 1 N–H and O–H groups in total. The number of likely N-dealkylation sites (tertiary alicyclic amines) is 2. The van der Waals surface area contributed by atoms with E-state index in [-0.39, 0.29) is 23.5 Å². The first-order valence-electron chi connectivity index (χ1n) is 16.0. The number of piperidine rings is 1. The molecule has 240 valence electrons. The van der Waals surface area contributed by atoms with Gasteiger partial charge in [0.2, 0.25) is 11.8 Å². The number of benzene rings is 2. The highest BCUT2D eigenvalue weighted by atomic mass is 19.1. The Bertz CT molecular complexity index is 1990. The second-order valence-electron chi connectivity index (χ2n) is 12.8. The number of alkyl halides is 1. The number of hydrogen-bond donors (Lipinski definition) is 1. The van der Waals surface area contributed by atoms with Gasteiger partial charge in [-0.05, 0) is 101 Å². The van der Waals surface area contributed by atoms with Crippen LogP contribution in [0.5, 0.6) is 5.88 Å². The summed E-state index contributed by atoms with van der Waals surface area (Å²) in [6.07, 6.45) is 9.54. The topological polar surface area (TPSA) is 92.2 Å². The van der Waals surface area contributed by atoms with E-state index in [1.54, 1.807) is 17.3 Å². The number of aromatic amines is 1. The second kappa shape index (κ2) is 12.1. The van der Waals surface area contributed by atoms with Crippen LogP contribution >= 0.6 is 0 Å². The number of fused-ring (bicyclic) bond motifs is 4. The lowest BCUT2D eigenvalue weighted by Crippen LogP contribution is -2.38. The zero-order valence-electron chi connectivity index (χ0n) is 26.7. The van der Waals surface area contributed by atoms with E-state index >= 15 is 4.39 Å².